The highest BCUT2D eigenvalue weighted by Crippen LogP contribution is 2.32. The highest BCUT2D eigenvalue weighted by atomic mass is 35.5. The molecule has 5 heteroatoms. The standard InChI is InChI=1S/C15H21ClN4/c1-10-6-12-15(17-8-10)20(14(7-16)18-12)13-4-5-19(3)9-11(13)2/h6,8,11,13H,4-5,7,9H2,1-3H3. The molecule has 1 aliphatic rings. The zero-order chi connectivity index (χ0) is 14.3. The second kappa shape index (κ2) is 5.34. The van der Waals surface area contributed by atoms with Crippen molar-refractivity contribution in [2.75, 3.05) is 20.1 Å². The number of imidazole rings is 1. The average Bonchev–Trinajstić information content (AvgIpc) is 2.76. The highest BCUT2D eigenvalue weighted by Gasteiger charge is 2.29. The second-order valence-corrected chi connectivity index (χ2v) is 6.25. The van der Waals surface area contributed by atoms with Gasteiger partial charge in [-0.3, -0.25) is 0 Å². The largest absolute Gasteiger partial charge is 0.308 e. The number of likely N-dealkylation sites (tertiary alicyclic amines) is 1. The molecule has 0 aromatic carbocycles. The first-order valence-electron chi connectivity index (χ1n) is 7.18. The molecule has 0 N–H and O–H groups in total. The van der Waals surface area contributed by atoms with Crippen molar-refractivity contribution < 1.29 is 0 Å². The van der Waals surface area contributed by atoms with Gasteiger partial charge in [0.25, 0.3) is 0 Å². The number of hydrogen-bond donors (Lipinski definition) is 0. The fourth-order valence-electron chi connectivity index (χ4n) is 3.30. The van der Waals surface area contributed by atoms with Crippen LogP contribution < -0.4 is 0 Å². The van der Waals surface area contributed by atoms with Crippen molar-refractivity contribution in [3.05, 3.63) is 23.7 Å². The lowest BCUT2D eigenvalue weighted by atomic mass is 9.94. The fourth-order valence-corrected chi connectivity index (χ4v) is 3.49. The van der Waals surface area contributed by atoms with Crippen molar-refractivity contribution >= 4 is 22.8 Å². The lowest BCUT2D eigenvalue weighted by Gasteiger charge is -2.36. The number of hydrogen-bond acceptors (Lipinski definition) is 3. The van der Waals surface area contributed by atoms with Crippen LogP contribution in [0.1, 0.15) is 30.8 Å². The Hall–Kier alpha value is -1.13. The Morgan fingerprint density at radius 2 is 2.25 bits per heavy atom. The van der Waals surface area contributed by atoms with Gasteiger partial charge in [0, 0.05) is 18.8 Å². The molecule has 0 radical (unpaired) electrons. The molecular weight excluding hydrogens is 272 g/mol. The summed E-state index contributed by atoms with van der Waals surface area (Å²) in [6.45, 7) is 6.57. The number of piperidine rings is 1. The van der Waals surface area contributed by atoms with Crippen LogP contribution in [0.4, 0.5) is 0 Å². The molecule has 3 heterocycles. The fraction of sp³-hybridized carbons (Fsp3) is 0.600. The monoisotopic (exact) mass is 292 g/mol. The summed E-state index contributed by atoms with van der Waals surface area (Å²) in [5, 5.41) is 0. The van der Waals surface area contributed by atoms with E-state index in [-0.39, 0.29) is 0 Å². The molecular formula is C15H21ClN4. The maximum absolute atomic E-state index is 6.12. The van der Waals surface area contributed by atoms with Gasteiger partial charge in [-0.2, -0.15) is 0 Å². The maximum Gasteiger partial charge on any atom is 0.160 e. The van der Waals surface area contributed by atoms with Crippen molar-refractivity contribution in [3.63, 3.8) is 0 Å². The quantitative estimate of drug-likeness (QED) is 0.798. The van der Waals surface area contributed by atoms with E-state index in [0.717, 1.165) is 42.1 Å². The Kier molecular flexibility index (Phi) is 3.69. The molecule has 0 saturated carbocycles. The van der Waals surface area contributed by atoms with Crippen LogP contribution in [-0.4, -0.2) is 39.6 Å². The Morgan fingerprint density at radius 1 is 1.45 bits per heavy atom. The van der Waals surface area contributed by atoms with Crippen molar-refractivity contribution in [2.24, 2.45) is 5.92 Å². The normalized spacial score (nSPS) is 24.4. The van der Waals surface area contributed by atoms with Crippen molar-refractivity contribution in [1.29, 1.82) is 0 Å². The first-order chi connectivity index (χ1) is 9.60. The van der Waals surface area contributed by atoms with Crippen molar-refractivity contribution in [3.8, 4) is 0 Å². The number of aromatic nitrogens is 3. The first kappa shape index (κ1) is 13.8. The molecule has 4 nitrogen and oxygen atoms in total. The smallest absolute Gasteiger partial charge is 0.160 e. The van der Waals surface area contributed by atoms with E-state index < -0.39 is 0 Å². The van der Waals surface area contributed by atoms with E-state index in [0.29, 0.717) is 17.8 Å². The predicted molar refractivity (Wildman–Crippen MR) is 82.1 cm³/mol. The van der Waals surface area contributed by atoms with Crippen LogP contribution in [-0.2, 0) is 5.88 Å². The number of alkyl halides is 1. The summed E-state index contributed by atoms with van der Waals surface area (Å²) in [4.78, 5) is 11.7. The van der Waals surface area contributed by atoms with Gasteiger partial charge < -0.3 is 9.47 Å². The number of aryl methyl sites for hydroxylation is 1. The van der Waals surface area contributed by atoms with Crippen molar-refractivity contribution in [2.45, 2.75) is 32.2 Å². The summed E-state index contributed by atoms with van der Waals surface area (Å²) < 4.78 is 2.28. The summed E-state index contributed by atoms with van der Waals surface area (Å²) in [6.07, 6.45) is 3.04. The minimum Gasteiger partial charge on any atom is -0.308 e. The number of halogens is 1. The van der Waals surface area contributed by atoms with Gasteiger partial charge in [0.1, 0.15) is 11.3 Å². The third kappa shape index (κ3) is 2.31. The van der Waals surface area contributed by atoms with E-state index in [4.69, 9.17) is 11.6 Å². The van der Waals surface area contributed by atoms with E-state index in [1.165, 1.54) is 0 Å². The van der Waals surface area contributed by atoms with Crippen LogP contribution in [0.25, 0.3) is 11.2 Å². The Bertz CT molecular complexity index is 622. The van der Waals surface area contributed by atoms with E-state index in [9.17, 15) is 0 Å². The van der Waals surface area contributed by atoms with Crippen LogP contribution in [0.2, 0.25) is 0 Å². The molecule has 0 aliphatic carbocycles. The summed E-state index contributed by atoms with van der Waals surface area (Å²) in [5.74, 6) is 1.96. The van der Waals surface area contributed by atoms with Gasteiger partial charge in [0.05, 0.1) is 5.88 Å². The Labute approximate surface area is 124 Å². The Morgan fingerprint density at radius 3 is 2.95 bits per heavy atom. The maximum atomic E-state index is 6.12. The summed E-state index contributed by atoms with van der Waals surface area (Å²) in [6, 6.07) is 2.54. The van der Waals surface area contributed by atoms with Gasteiger partial charge in [-0.25, -0.2) is 9.97 Å². The number of fused-ring (bicyclic) bond motifs is 1. The number of pyridine rings is 1. The minimum absolute atomic E-state index is 0.439. The number of rotatable bonds is 2. The van der Waals surface area contributed by atoms with E-state index in [2.05, 4.69) is 39.5 Å². The topological polar surface area (TPSA) is 34.0 Å². The Balaban J connectivity index is 2.09. The van der Waals surface area contributed by atoms with Crippen molar-refractivity contribution in [1.82, 2.24) is 19.4 Å². The van der Waals surface area contributed by atoms with E-state index in [1.54, 1.807) is 0 Å². The summed E-state index contributed by atoms with van der Waals surface area (Å²) >= 11 is 6.12. The molecule has 0 bridgehead atoms. The molecule has 2 aromatic heterocycles. The number of nitrogens with zero attached hydrogens (tertiary/aromatic N) is 4. The predicted octanol–water partition coefficient (Wildman–Crippen LogP) is 2.99. The highest BCUT2D eigenvalue weighted by molar-refractivity contribution is 6.16. The molecule has 0 spiro atoms. The van der Waals surface area contributed by atoms with E-state index in [1.807, 2.05) is 13.1 Å². The van der Waals surface area contributed by atoms with Gasteiger partial charge in [0.15, 0.2) is 5.65 Å². The molecule has 2 atom stereocenters. The van der Waals surface area contributed by atoms with Crippen LogP contribution in [0.3, 0.4) is 0 Å². The van der Waals surface area contributed by atoms with Crippen LogP contribution in [0.15, 0.2) is 12.3 Å². The zero-order valence-electron chi connectivity index (χ0n) is 12.3. The SMILES string of the molecule is Cc1cnc2c(c1)nc(CCl)n2C1CCN(C)CC1C. The second-order valence-electron chi connectivity index (χ2n) is 5.98. The molecule has 1 fully saturated rings. The van der Waals surface area contributed by atoms with Gasteiger partial charge in [-0.05, 0) is 44.5 Å². The third-order valence-electron chi connectivity index (χ3n) is 4.25. The average molecular weight is 293 g/mol. The third-order valence-corrected chi connectivity index (χ3v) is 4.49. The molecule has 3 rings (SSSR count). The van der Waals surface area contributed by atoms with Gasteiger partial charge >= 0.3 is 0 Å². The lowest BCUT2D eigenvalue weighted by molar-refractivity contribution is 0.159. The molecule has 2 aromatic rings. The van der Waals surface area contributed by atoms with Crippen LogP contribution in [0.5, 0.6) is 0 Å². The van der Waals surface area contributed by atoms with Crippen LogP contribution in [0, 0.1) is 12.8 Å². The van der Waals surface area contributed by atoms with Gasteiger partial charge in [0.2, 0.25) is 0 Å². The van der Waals surface area contributed by atoms with Crippen LogP contribution >= 0.6 is 11.6 Å². The summed E-state index contributed by atoms with van der Waals surface area (Å²) in [5.41, 5.74) is 3.08. The minimum atomic E-state index is 0.439. The molecule has 20 heavy (non-hydrogen) atoms. The molecule has 108 valence electrons. The molecule has 1 saturated heterocycles. The summed E-state index contributed by atoms with van der Waals surface area (Å²) in [7, 11) is 2.18. The van der Waals surface area contributed by atoms with E-state index >= 15 is 0 Å². The van der Waals surface area contributed by atoms with Gasteiger partial charge in [-0.15, -0.1) is 11.6 Å². The first-order valence-corrected chi connectivity index (χ1v) is 7.71. The molecule has 2 unspecified atom stereocenters. The lowest BCUT2D eigenvalue weighted by Crippen LogP contribution is -2.38. The van der Waals surface area contributed by atoms with Gasteiger partial charge in [-0.1, -0.05) is 6.92 Å². The molecule has 0 amide bonds. The molecule has 1 aliphatic heterocycles. The zero-order valence-corrected chi connectivity index (χ0v) is 13.1.